The standard InChI is InChI=1S/C5H13ClNO.ClH/c1-7(2,3)4-5-8-6;/h4-5H2,1-3H3;1H/q+1;/p-1. The van der Waals surface area contributed by atoms with Crippen LogP contribution in [0.4, 0.5) is 0 Å². The van der Waals surface area contributed by atoms with Gasteiger partial charge in [0.05, 0.1) is 33.0 Å². The molecule has 0 bridgehead atoms. The third kappa shape index (κ3) is 11.9. The highest BCUT2D eigenvalue weighted by Gasteiger charge is 2.04. The second-order valence-corrected chi connectivity index (χ2v) is 3.05. The molecule has 0 aliphatic heterocycles. The van der Waals surface area contributed by atoms with Gasteiger partial charge in [-0.2, -0.15) is 0 Å². The van der Waals surface area contributed by atoms with Crippen molar-refractivity contribution in [3.05, 3.63) is 0 Å². The highest BCUT2D eigenvalue weighted by atomic mass is 35.5. The second kappa shape index (κ2) is 5.30. The van der Waals surface area contributed by atoms with E-state index in [0.717, 1.165) is 11.0 Å². The summed E-state index contributed by atoms with van der Waals surface area (Å²) < 4.78 is 5.27. The van der Waals surface area contributed by atoms with Crippen molar-refractivity contribution in [3.8, 4) is 0 Å². The minimum absolute atomic E-state index is 0. The zero-order valence-electron chi connectivity index (χ0n) is 6.03. The number of hydrogen-bond acceptors (Lipinski definition) is 1. The Morgan fingerprint density at radius 2 is 1.78 bits per heavy atom. The van der Waals surface area contributed by atoms with Crippen LogP contribution in [0.2, 0.25) is 0 Å². The Hall–Kier alpha value is 0.500. The molecule has 0 aromatic heterocycles. The SMILES string of the molecule is C[N+](C)(C)CCOCl.[Cl-]. The average Bonchev–Trinajstić information content (AvgIpc) is 1.59. The van der Waals surface area contributed by atoms with E-state index in [2.05, 4.69) is 25.4 Å². The predicted octanol–water partition coefficient (Wildman–Crippen LogP) is -2.13. The van der Waals surface area contributed by atoms with Crippen molar-refractivity contribution >= 4 is 11.9 Å². The summed E-state index contributed by atoms with van der Waals surface area (Å²) in [5, 5.41) is 0. The van der Waals surface area contributed by atoms with Crippen LogP contribution in [0.5, 0.6) is 0 Å². The van der Waals surface area contributed by atoms with E-state index in [0.29, 0.717) is 6.61 Å². The highest BCUT2D eigenvalue weighted by molar-refractivity contribution is 6.07. The Balaban J connectivity index is 0. The molecule has 0 spiro atoms. The lowest BCUT2D eigenvalue weighted by atomic mass is 10.5. The van der Waals surface area contributed by atoms with Gasteiger partial charge in [0, 0.05) is 0 Å². The molecule has 0 unspecified atom stereocenters. The first kappa shape index (κ1) is 12.2. The fraction of sp³-hybridized carbons (Fsp3) is 1.00. The molecule has 2 nitrogen and oxygen atoms in total. The van der Waals surface area contributed by atoms with Gasteiger partial charge >= 0.3 is 0 Å². The molecule has 0 heterocycles. The number of nitrogens with zero attached hydrogens (tertiary/aromatic N) is 1. The molecule has 0 saturated heterocycles. The van der Waals surface area contributed by atoms with Crippen LogP contribution in [0.15, 0.2) is 0 Å². The monoisotopic (exact) mass is 173 g/mol. The van der Waals surface area contributed by atoms with Crippen molar-refractivity contribution < 1.29 is 21.2 Å². The first-order valence-corrected chi connectivity index (χ1v) is 2.91. The van der Waals surface area contributed by atoms with Gasteiger partial charge in [-0.15, -0.1) is 0 Å². The van der Waals surface area contributed by atoms with Gasteiger partial charge in [-0.1, -0.05) is 0 Å². The fourth-order valence-electron chi connectivity index (χ4n) is 0.308. The Bertz CT molecular complexity index is 62.5. The van der Waals surface area contributed by atoms with Crippen molar-refractivity contribution in [2.24, 2.45) is 0 Å². The van der Waals surface area contributed by atoms with Gasteiger partial charge in [0.1, 0.15) is 13.2 Å². The molecule has 0 radical (unpaired) electrons. The lowest BCUT2D eigenvalue weighted by Gasteiger charge is -2.22. The second-order valence-electron chi connectivity index (χ2n) is 2.83. The Kier molecular flexibility index (Phi) is 7.18. The molecule has 0 aliphatic rings. The first-order chi connectivity index (χ1) is 3.56. The molecule has 0 amide bonds. The maximum absolute atomic E-state index is 5.00. The molecule has 0 aromatic rings. The smallest absolute Gasteiger partial charge is 0.117 e. The molecule has 58 valence electrons. The number of hydrogen-bond donors (Lipinski definition) is 0. The lowest BCUT2D eigenvalue weighted by molar-refractivity contribution is -0.870. The number of rotatable bonds is 3. The van der Waals surface area contributed by atoms with E-state index in [1.54, 1.807) is 0 Å². The molecule has 0 saturated carbocycles. The molecule has 0 N–H and O–H groups in total. The highest BCUT2D eigenvalue weighted by Crippen LogP contribution is 1.89. The number of quaternary nitrogens is 1. The maximum Gasteiger partial charge on any atom is 0.117 e. The molecule has 0 atom stereocenters. The van der Waals surface area contributed by atoms with E-state index in [-0.39, 0.29) is 12.4 Å². The van der Waals surface area contributed by atoms with Crippen LogP contribution in [-0.4, -0.2) is 38.8 Å². The molecule has 0 rings (SSSR count). The van der Waals surface area contributed by atoms with Crippen molar-refractivity contribution in [1.29, 1.82) is 0 Å². The summed E-state index contributed by atoms with van der Waals surface area (Å²) >= 11 is 5.00. The number of halogens is 2. The van der Waals surface area contributed by atoms with Crippen LogP contribution in [0.25, 0.3) is 0 Å². The normalized spacial score (nSPS) is 10.7. The number of likely N-dealkylation sites (N-methyl/N-ethyl adjacent to an activating group) is 1. The van der Waals surface area contributed by atoms with Gasteiger partial charge < -0.3 is 16.9 Å². The zero-order valence-corrected chi connectivity index (χ0v) is 7.54. The van der Waals surface area contributed by atoms with Gasteiger partial charge in [0.2, 0.25) is 0 Å². The largest absolute Gasteiger partial charge is 1.00 e. The van der Waals surface area contributed by atoms with E-state index >= 15 is 0 Å². The average molecular weight is 174 g/mol. The molecular formula is C5H13Cl2NO. The van der Waals surface area contributed by atoms with Crippen LogP contribution in [0.1, 0.15) is 0 Å². The summed E-state index contributed by atoms with van der Waals surface area (Å²) in [6.07, 6.45) is 0. The summed E-state index contributed by atoms with van der Waals surface area (Å²) in [6, 6.07) is 0. The third-order valence-corrected chi connectivity index (χ3v) is 0.994. The van der Waals surface area contributed by atoms with Crippen LogP contribution in [0.3, 0.4) is 0 Å². The fourth-order valence-corrected chi connectivity index (χ4v) is 0.377. The Morgan fingerprint density at radius 1 is 1.33 bits per heavy atom. The minimum atomic E-state index is 0. The van der Waals surface area contributed by atoms with Gasteiger partial charge in [0.25, 0.3) is 0 Å². The lowest BCUT2D eigenvalue weighted by Crippen LogP contribution is -3.00. The van der Waals surface area contributed by atoms with Crippen LogP contribution in [-0.2, 0) is 4.29 Å². The summed E-state index contributed by atoms with van der Waals surface area (Å²) in [6.45, 7) is 1.56. The van der Waals surface area contributed by atoms with Crippen LogP contribution in [0, 0.1) is 0 Å². The zero-order chi connectivity index (χ0) is 6.62. The molecule has 0 aliphatic carbocycles. The first-order valence-electron chi connectivity index (χ1n) is 2.60. The molecule has 4 heteroatoms. The molecule has 0 fully saturated rings. The predicted molar refractivity (Wildman–Crippen MR) is 34.7 cm³/mol. The Labute approximate surface area is 67.9 Å². The molecule has 0 aromatic carbocycles. The van der Waals surface area contributed by atoms with Crippen LogP contribution >= 0.6 is 11.9 Å². The maximum atomic E-state index is 5.00. The van der Waals surface area contributed by atoms with Crippen molar-refractivity contribution in [1.82, 2.24) is 0 Å². The summed E-state index contributed by atoms with van der Waals surface area (Å²) in [5.41, 5.74) is 0. The minimum Gasteiger partial charge on any atom is -1.00 e. The van der Waals surface area contributed by atoms with E-state index < -0.39 is 0 Å². The van der Waals surface area contributed by atoms with E-state index in [1.807, 2.05) is 0 Å². The quantitative estimate of drug-likeness (QED) is 0.444. The van der Waals surface area contributed by atoms with Gasteiger partial charge in [0.15, 0.2) is 0 Å². The van der Waals surface area contributed by atoms with Crippen molar-refractivity contribution in [2.75, 3.05) is 34.3 Å². The van der Waals surface area contributed by atoms with Crippen molar-refractivity contribution in [3.63, 3.8) is 0 Å². The Morgan fingerprint density at radius 3 is 1.89 bits per heavy atom. The van der Waals surface area contributed by atoms with E-state index in [1.165, 1.54) is 0 Å². The van der Waals surface area contributed by atoms with Crippen LogP contribution < -0.4 is 12.4 Å². The van der Waals surface area contributed by atoms with E-state index in [9.17, 15) is 0 Å². The molecule has 9 heavy (non-hydrogen) atoms. The third-order valence-electron chi connectivity index (χ3n) is 0.839. The van der Waals surface area contributed by atoms with Crippen molar-refractivity contribution in [2.45, 2.75) is 0 Å². The topological polar surface area (TPSA) is 9.23 Å². The molecular weight excluding hydrogens is 161 g/mol. The van der Waals surface area contributed by atoms with Gasteiger partial charge in [-0.05, 0) is 0 Å². The van der Waals surface area contributed by atoms with Gasteiger partial charge in [-0.3, -0.25) is 4.29 Å². The van der Waals surface area contributed by atoms with E-state index in [4.69, 9.17) is 11.9 Å². The summed E-state index contributed by atoms with van der Waals surface area (Å²) in [5.74, 6) is 0. The summed E-state index contributed by atoms with van der Waals surface area (Å²) in [7, 11) is 6.28. The summed E-state index contributed by atoms with van der Waals surface area (Å²) in [4.78, 5) is 0. The van der Waals surface area contributed by atoms with Gasteiger partial charge in [-0.25, -0.2) is 0 Å².